The third-order valence-electron chi connectivity index (χ3n) is 1.87. The SMILES string of the molecule is Brc1cccc(C2NCCO2)c1. The Morgan fingerprint density at radius 3 is 3.08 bits per heavy atom. The van der Waals surface area contributed by atoms with E-state index in [1.165, 1.54) is 5.56 Å². The van der Waals surface area contributed by atoms with Crippen LogP contribution < -0.4 is 5.32 Å². The summed E-state index contributed by atoms with van der Waals surface area (Å²) in [6.07, 6.45) is 0.0856. The molecule has 1 N–H and O–H groups in total. The van der Waals surface area contributed by atoms with Crippen LogP contribution in [0, 0.1) is 0 Å². The van der Waals surface area contributed by atoms with Crippen molar-refractivity contribution in [3.05, 3.63) is 34.3 Å². The van der Waals surface area contributed by atoms with Gasteiger partial charge in [0.15, 0.2) is 0 Å². The zero-order valence-corrected chi connectivity index (χ0v) is 8.17. The Bertz CT molecular complexity index is 271. The Morgan fingerprint density at radius 2 is 2.42 bits per heavy atom. The van der Waals surface area contributed by atoms with Gasteiger partial charge in [-0.3, -0.25) is 5.32 Å². The minimum absolute atomic E-state index is 0.0856. The lowest BCUT2D eigenvalue weighted by Crippen LogP contribution is -2.13. The van der Waals surface area contributed by atoms with Crippen LogP contribution in [0.2, 0.25) is 0 Å². The van der Waals surface area contributed by atoms with Gasteiger partial charge < -0.3 is 4.74 Å². The highest BCUT2D eigenvalue weighted by Crippen LogP contribution is 2.20. The van der Waals surface area contributed by atoms with E-state index in [-0.39, 0.29) is 6.23 Å². The van der Waals surface area contributed by atoms with E-state index in [4.69, 9.17) is 4.74 Å². The Morgan fingerprint density at radius 1 is 1.50 bits per heavy atom. The van der Waals surface area contributed by atoms with Crippen LogP contribution in [0.5, 0.6) is 0 Å². The molecule has 64 valence electrons. The summed E-state index contributed by atoms with van der Waals surface area (Å²) in [7, 11) is 0. The molecule has 1 unspecified atom stereocenters. The highest BCUT2D eigenvalue weighted by Gasteiger charge is 2.15. The Hall–Kier alpha value is -0.380. The van der Waals surface area contributed by atoms with Crippen LogP contribution >= 0.6 is 15.9 Å². The highest BCUT2D eigenvalue weighted by molar-refractivity contribution is 9.10. The molecule has 1 aliphatic rings. The predicted molar refractivity (Wildman–Crippen MR) is 50.8 cm³/mol. The molecule has 0 aromatic heterocycles. The first-order chi connectivity index (χ1) is 5.86. The summed E-state index contributed by atoms with van der Waals surface area (Å²) in [4.78, 5) is 0. The van der Waals surface area contributed by atoms with E-state index in [0.29, 0.717) is 0 Å². The van der Waals surface area contributed by atoms with Crippen molar-refractivity contribution >= 4 is 15.9 Å². The second-order valence-electron chi connectivity index (χ2n) is 2.76. The highest BCUT2D eigenvalue weighted by atomic mass is 79.9. The number of ether oxygens (including phenoxy) is 1. The normalized spacial score (nSPS) is 22.9. The van der Waals surface area contributed by atoms with Crippen LogP contribution in [-0.2, 0) is 4.74 Å². The van der Waals surface area contributed by atoms with Gasteiger partial charge in [-0.2, -0.15) is 0 Å². The molecule has 12 heavy (non-hydrogen) atoms. The van der Waals surface area contributed by atoms with Crippen molar-refractivity contribution in [2.75, 3.05) is 13.2 Å². The summed E-state index contributed by atoms with van der Waals surface area (Å²) in [6, 6.07) is 8.16. The van der Waals surface area contributed by atoms with Crippen LogP contribution in [0.25, 0.3) is 0 Å². The quantitative estimate of drug-likeness (QED) is 0.794. The maximum Gasteiger partial charge on any atom is 0.134 e. The molecule has 0 spiro atoms. The zero-order valence-electron chi connectivity index (χ0n) is 6.59. The molecular formula is C9H10BrNO. The van der Waals surface area contributed by atoms with Crippen LogP contribution in [-0.4, -0.2) is 13.2 Å². The molecule has 0 aliphatic carbocycles. The first kappa shape index (κ1) is 8.23. The summed E-state index contributed by atoms with van der Waals surface area (Å²) >= 11 is 3.43. The van der Waals surface area contributed by atoms with Crippen LogP contribution in [0.3, 0.4) is 0 Å². The standard InChI is InChI=1S/C9H10BrNO/c10-8-3-1-2-7(6-8)9-11-4-5-12-9/h1-3,6,9,11H,4-5H2. The molecule has 1 aromatic rings. The van der Waals surface area contributed by atoms with Crippen molar-refractivity contribution in [3.8, 4) is 0 Å². The Labute approximate surface area is 80.1 Å². The van der Waals surface area contributed by atoms with Gasteiger partial charge in [-0.25, -0.2) is 0 Å². The molecule has 1 aliphatic heterocycles. The van der Waals surface area contributed by atoms with Crippen molar-refractivity contribution in [2.45, 2.75) is 6.23 Å². The molecule has 1 aromatic carbocycles. The molecule has 0 radical (unpaired) electrons. The van der Waals surface area contributed by atoms with Gasteiger partial charge in [0.05, 0.1) is 6.61 Å². The van der Waals surface area contributed by atoms with E-state index in [1.54, 1.807) is 0 Å². The molecule has 0 amide bonds. The average molecular weight is 228 g/mol. The summed E-state index contributed by atoms with van der Waals surface area (Å²) in [5.74, 6) is 0. The zero-order chi connectivity index (χ0) is 8.39. The van der Waals surface area contributed by atoms with Crippen molar-refractivity contribution in [1.29, 1.82) is 0 Å². The fourth-order valence-electron chi connectivity index (χ4n) is 1.31. The molecule has 2 nitrogen and oxygen atoms in total. The van der Waals surface area contributed by atoms with Crippen molar-refractivity contribution in [2.24, 2.45) is 0 Å². The predicted octanol–water partition coefficient (Wildman–Crippen LogP) is 2.07. The first-order valence-corrected chi connectivity index (χ1v) is 4.76. The second kappa shape index (κ2) is 3.56. The van der Waals surface area contributed by atoms with Crippen molar-refractivity contribution < 1.29 is 4.74 Å². The lowest BCUT2D eigenvalue weighted by atomic mass is 10.2. The average Bonchev–Trinajstić information content (AvgIpc) is 2.56. The molecule has 1 fully saturated rings. The maximum absolute atomic E-state index is 5.46. The number of hydrogen-bond donors (Lipinski definition) is 1. The third kappa shape index (κ3) is 1.68. The van der Waals surface area contributed by atoms with Gasteiger partial charge in [0.1, 0.15) is 6.23 Å². The molecule has 0 bridgehead atoms. The molecule has 0 saturated carbocycles. The summed E-state index contributed by atoms with van der Waals surface area (Å²) < 4.78 is 6.56. The first-order valence-electron chi connectivity index (χ1n) is 3.97. The summed E-state index contributed by atoms with van der Waals surface area (Å²) in [5, 5.41) is 3.26. The van der Waals surface area contributed by atoms with Crippen molar-refractivity contribution in [3.63, 3.8) is 0 Å². The summed E-state index contributed by atoms with van der Waals surface area (Å²) in [5.41, 5.74) is 1.18. The lowest BCUT2D eigenvalue weighted by Gasteiger charge is -2.09. The molecular weight excluding hydrogens is 218 g/mol. The van der Waals surface area contributed by atoms with Gasteiger partial charge >= 0.3 is 0 Å². The van der Waals surface area contributed by atoms with Gasteiger partial charge in [-0.15, -0.1) is 0 Å². The second-order valence-corrected chi connectivity index (χ2v) is 3.68. The minimum Gasteiger partial charge on any atom is -0.358 e. The third-order valence-corrected chi connectivity index (χ3v) is 2.36. The van der Waals surface area contributed by atoms with E-state index in [1.807, 2.05) is 12.1 Å². The Kier molecular flexibility index (Phi) is 2.44. The van der Waals surface area contributed by atoms with Crippen LogP contribution in [0.1, 0.15) is 11.8 Å². The fourth-order valence-corrected chi connectivity index (χ4v) is 1.73. The molecule has 1 atom stereocenters. The topological polar surface area (TPSA) is 21.3 Å². The molecule has 1 heterocycles. The molecule has 3 heteroatoms. The van der Waals surface area contributed by atoms with Gasteiger partial charge in [-0.05, 0) is 17.7 Å². The Balaban J connectivity index is 2.21. The number of rotatable bonds is 1. The van der Waals surface area contributed by atoms with Crippen LogP contribution in [0.15, 0.2) is 28.7 Å². The fraction of sp³-hybridized carbons (Fsp3) is 0.333. The monoisotopic (exact) mass is 227 g/mol. The van der Waals surface area contributed by atoms with Gasteiger partial charge in [0.2, 0.25) is 0 Å². The minimum atomic E-state index is 0.0856. The smallest absolute Gasteiger partial charge is 0.134 e. The van der Waals surface area contributed by atoms with E-state index in [0.717, 1.165) is 17.6 Å². The van der Waals surface area contributed by atoms with Gasteiger partial charge in [0.25, 0.3) is 0 Å². The number of halogens is 1. The van der Waals surface area contributed by atoms with E-state index in [9.17, 15) is 0 Å². The van der Waals surface area contributed by atoms with E-state index < -0.39 is 0 Å². The number of nitrogens with one attached hydrogen (secondary N) is 1. The maximum atomic E-state index is 5.46. The van der Waals surface area contributed by atoms with Crippen LogP contribution in [0.4, 0.5) is 0 Å². The number of hydrogen-bond acceptors (Lipinski definition) is 2. The van der Waals surface area contributed by atoms with E-state index in [2.05, 4.69) is 33.4 Å². The lowest BCUT2D eigenvalue weighted by molar-refractivity contribution is 0.102. The molecule has 1 saturated heterocycles. The number of benzene rings is 1. The van der Waals surface area contributed by atoms with Gasteiger partial charge in [0, 0.05) is 11.0 Å². The molecule has 2 rings (SSSR count). The van der Waals surface area contributed by atoms with Gasteiger partial charge in [-0.1, -0.05) is 28.1 Å². The van der Waals surface area contributed by atoms with Crippen molar-refractivity contribution in [1.82, 2.24) is 5.32 Å². The largest absolute Gasteiger partial charge is 0.358 e. The van der Waals surface area contributed by atoms with E-state index >= 15 is 0 Å². The summed E-state index contributed by atoms with van der Waals surface area (Å²) in [6.45, 7) is 1.74.